The monoisotopic (exact) mass is 329 g/mol. The van der Waals surface area contributed by atoms with Crippen molar-refractivity contribution in [1.82, 2.24) is 15.0 Å². The van der Waals surface area contributed by atoms with Gasteiger partial charge in [0.05, 0.1) is 33.3 Å². The van der Waals surface area contributed by atoms with Crippen LogP contribution in [-0.4, -0.2) is 24.9 Å². The molecule has 1 aromatic carbocycles. The number of H-pyrrole nitrogens is 1. The molecule has 0 saturated heterocycles. The van der Waals surface area contributed by atoms with Crippen LogP contribution >= 0.6 is 11.8 Å². The highest BCUT2D eigenvalue weighted by Crippen LogP contribution is 2.29. The minimum atomic E-state index is -1.20. The van der Waals surface area contributed by atoms with Crippen molar-refractivity contribution >= 4 is 33.6 Å². The lowest BCUT2D eigenvalue weighted by molar-refractivity contribution is 0.676. The van der Waals surface area contributed by atoms with Gasteiger partial charge in [-0.1, -0.05) is 12.1 Å². The normalized spacial score (nSPS) is 15.6. The van der Waals surface area contributed by atoms with E-state index in [4.69, 9.17) is 0 Å². The predicted octanol–water partition coefficient (Wildman–Crippen LogP) is 3.30. The van der Waals surface area contributed by atoms with Crippen LogP contribution in [-0.2, 0) is 23.0 Å². The number of aromatic nitrogens is 3. The van der Waals surface area contributed by atoms with Crippen LogP contribution in [0.4, 0.5) is 0 Å². The van der Waals surface area contributed by atoms with Gasteiger partial charge in [0.1, 0.15) is 0 Å². The Bertz CT molecular complexity index is 826. The summed E-state index contributed by atoms with van der Waals surface area (Å²) >= 11 is 1.86. The Labute approximate surface area is 135 Å². The third-order valence-corrected chi connectivity index (χ3v) is 6.07. The van der Waals surface area contributed by atoms with Gasteiger partial charge in [-0.25, -0.2) is 4.98 Å². The van der Waals surface area contributed by atoms with E-state index in [-0.39, 0.29) is 0 Å². The molecule has 4 nitrogen and oxygen atoms in total. The number of imidazole rings is 1. The molecule has 0 spiro atoms. The zero-order valence-corrected chi connectivity index (χ0v) is 13.5. The number of thioether (sulfide) groups is 1. The first kappa shape index (κ1) is 14.0. The van der Waals surface area contributed by atoms with Crippen LogP contribution in [0.1, 0.15) is 17.7 Å². The average Bonchev–Trinajstić information content (AvgIpc) is 2.99. The summed E-state index contributed by atoms with van der Waals surface area (Å²) in [6.45, 7) is 0. The van der Waals surface area contributed by atoms with Gasteiger partial charge in [0.2, 0.25) is 0 Å². The van der Waals surface area contributed by atoms with Crippen LogP contribution in [0.25, 0.3) is 11.0 Å². The molecule has 0 amide bonds. The maximum absolute atomic E-state index is 12.5. The van der Waals surface area contributed by atoms with Crippen LogP contribution in [0, 0.1) is 0 Å². The van der Waals surface area contributed by atoms with Crippen molar-refractivity contribution < 1.29 is 4.21 Å². The second kappa shape index (κ2) is 5.85. The fourth-order valence-corrected chi connectivity index (χ4v) is 4.59. The molecule has 1 unspecified atom stereocenters. The second-order valence-electron chi connectivity index (χ2n) is 5.28. The van der Waals surface area contributed by atoms with E-state index in [1.807, 2.05) is 42.2 Å². The number of fused-ring (bicyclic) bond motifs is 2. The minimum Gasteiger partial charge on any atom is -0.331 e. The average molecular weight is 329 g/mol. The number of rotatable bonds is 3. The number of benzene rings is 1. The molecule has 6 heteroatoms. The molecular weight excluding hydrogens is 314 g/mol. The number of nitrogens with one attached hydrogen (secondary N) is 1. The van der Waals surface area contributed by atoms with Crippen molar-refractivity contribution in [2.45, 2.75) is 28.6 Å². The van der Waals surface area contributed by atoms with Gasteiger partial charge in [0.25, 0.3) is 0 Å². The van der Waals surface area contributed by atoms with Crippen molar-refractivity contribution in [2.24, 2.45) is 0 Å². The largest absolute Gasteiger partial charge is 0.331 e. The lowest BCUT2D eigenvalue weighted by Crippen LogP contribution is -2.04. The topological polar surface area (TPSA) is 58.6 Å². The number of pyridine rings is 1. The van der Waals surface area contributed by atoms with Gasteiger partial charge in [-0.3, -0.25) is 9.19 Å². The first-order valence-electron chi connectivity index (χ1n) is 7.23. The molecule has 0 radical (unpaired) electrons. The first-order valence-corrected chi connectivity index (χ1v) is 9.54. The molecule has 4 rings (SSSR count). The highest BCUT2D eigenvalue weighted by atomic mass is 32.2. The summed E-state index contributed by atoms with van der Waals surface area (Å²) in [7, 11) is -1.20. The van der Waals surface area contributed by atoms with E-state index >= 15 is 0 Å². The van der Waals surface area contributed by atoms with Crippen molar-refractivity contribution in [1.29, 1.82) is 0 Å². The van der Waals surface area contributed by atoms with E-state index in [0.717, 1.165) is 23.1 Å². The molecule has 0 aliphatic carbocycles. The molecule has 1 N–H and O–H groups in total. The highest BCUT2D eigenvalue weighted by molar-refractivity contribution is 7.99. The molecule has 0 fully saturated rings. The quantitative estimate of drug-likeness (QED) is 0.801. The van der Waals surface area contributed by atoms with Gasteiger partial charge in [-0.2, -0.15) is 0 Å². The molecule has 0 bridgehead atoms. The molecule has 1 atom stereocenters. The van der Waals surface area contributed by atoms with Crippen LogP contribution in [0.5, 0.6) is 0 Å². The van der Waals surface area contributed by atoms with Gasteiger partial charge in [0, 0.05) is 11.1 Å². The van der Waals surface area contributed by atoms with E-state index < -0.39 is 10.8 Å². The summed E-state index contributed by atoms with van der Waals surface area (Å²) in [6.07, 6.45) is 4.22. The SMILES string of the molecule is O=S(Cc1cc2c(cn1)SCCC2)c1nc2ccccc2[nH]1. The van der Waals surface area contributed by atoms with Crippen LogP contribution < -0.4 is 0 Å². The number of aryl methyl sites for hydroxylation is 1. The lowest BCUT2D eigenvalue weighted by Gasteiger charge is -2.15. The van der Waals surface area contributed by atoms with Gasteiger partial charge in [-0.05, 0) is 42.4 Å². The van der Waals surface area contributed by atoms with Crippen molar-refractivity contribution in [3.05, 3.63) is 47.8 Å². The lowest BCUT2D eigenvalue weighted by atomic mass is 10.1. The standard InChI is InChI=1S/C16H15N3OS2/c20-22(16-18-13-5-1-2-6-14(13)19-16)10-12-8-11-4-3-7-21-15(11)9-17-12/h1-2,5-6,8-9H,3-4,7,10H2,(H,18,19). The van der Waals surface area contributed by atoms with Gasteiger partial charge in [-0.15, -0.1) is 11.8 Å². The number of hydrogen-bond donors (Lipinski definition) is 1. The van der Waals surface area contributed by atoms with E-state index in [9.17, 15) is 4.21 Å². The van der Waals surface area contributed by atoms with Gasteiger partial charge < -0.3 is 4.98 Å². The van der Waals surface area contributed by atoms with Crippen LogP contribution in [0.15, 0.2) is 46.6 Å². The zero-order valence-electron chi connectivity index (χ0n) is 11.9. The number of hydrogen-bond acceptors (Lipinski definition) is 4. The van der Waals surface area contributed by atoms with Crippen LogP contribution in [0.3, 0.4) is 0 Å². The van der Waals surface area contributed by atoms with E-state index in [2.05, 4.69) is 21.0 Å². The maximum atomic E-state index is 12.5. The molecule has 2 aromatic heterocycles. The highest BCUT2D eigenvalue weighted by Gasteiger charge is 2.15. The van der Waals surface area contributed by atoms with Gasteiger partial charge in [0.15, 0.2) is 5.16 Å². The van der Waals surface area contributed by atoms with E-state index in [0.29, 0.717) is 10.9 Å². The fourth-order valence-electron chi connectivity index (χ4n) is 2.62. The molecule has 1 aliphatic rings. The molecule has 3 heterocycles. The molecule has 0 saturated carbocycles. The molecule has 22 heavy (non-hydrogen) atoms. The Kier molecular flexibility index (Phi) is 3.72. The van der Waals surface area contributed by atoms with Crippen molar-refractivity contribution in [2.75, 3.05) is 5.75 Å². The van der Waals surface area contributed by atoms with Crippen molar-refractivity contribution in [3.63, 3.8) is 0 Å². The Morgan fingerprint density at radius 3 is 3.14 bits per heavy atom. The fraction of sp³-hybridized carbons (Fsp3) is 0.250. The molecular formula is C16H15N3OS2. The summed E-state index contributed by atoms with van der Waals surface area (Å²) in [4.78, 5) is 13.3. The number of aromatic amines is 1. The first-order chi connectivity index (χ1) is 10.8. The summed E-state index contributed by atoms with van der Waals surface area (Å²) in [6, 6.07) is 9.83. The predicted molar refractivity (Wildman–Crippen MR) is 89.5 cm³/mol. The molecule has 112 valence electrons. The summed E-state index contributed by atoms with van der Waals surface area (Å²) in [5.74, 6) is 1.57. The number of para-hydroxylation sites is 2. The van der Waals surface area contributed by atoms with E-state index in [1.54, 1.807) is 0 Å². The van der Waals surface area contributed by atoms with Gasteiger partial charge >= 0.3 is 0 Å². The molecule has 1 aliphatic heterocycles. The molecule has 3 aromatic rings. The van der Waals surface area contributed by atoms with E-state index in [1.165, 1.54) is 22.6 Å². The zero-order chi connectivity index (χ0) is 14.9. The third-order valence-electron chi connectivity index (χ3n) is 3.72. The second-order valence-corrected chi connectivity index (χ2v) is 7.79. The summed E-state index contributed by atoms with van der Waals surface area (Å²) < 4.78 is 12.5. The minimum absolute atomic E-state index is 0.401. The summed E-state index contributed by atoms with van der Waals surface area (Å²) in [5.41, 5.74) is 3.98. The Morgan fingerprint density at radius 2 is 2.23 bits per heavy atom. The third kappa shape index (κ3) is 2.68. The Morgan fingerprint density at radius 1 is 1.32 bits per heavy atom. The Balaban J connectivity index is 1.58. The van der Waals surface area contributed by atoms with Crippen LogP contribution in [0.2, 0.25) is 0 Å². The smallest absolute Gasteiger partial charge is 0.197 e. The number of nitrogens with zero attached hydrogens (tertiary/aromatic N) is 2. The Hall–Kier alpha value is -1.66. The van der Waals surface area contributed by atoms with Crippen molar-refractivity contribution in [3.8, 4) is 0 Å². The maximum Gasteiger partial charge on any atom is 0.197 e. The summed E-state index contributed by atoms with van der Waals surface area (Å²) in [5, 5.41) is 0.523.